The van der Waals surface area contributed by atoms with E-state index < -0.39 is 0 Å². The highest BCUT2D eigenvalue weighted by Gasteiger charge is 2.22. The lowest BCUT2D eigenvalue weighted by atomic mass is 10.1. The van der Waals surface area contributed by atoms with Crippen LogP contribution in [0.3, 0.4) is 0 Å². The number of amides is 1. The van der Waals surface area contributed by atoms with Gasteiger partial charge in [0.1, 0.15) is 29.5 Å². The highest BCUT2D eigenvalue weighted by atomic mass is 19.1. The predicted molar refractivity (Wildman–Crippen MR) is 119 cm³/mol. The van der Waals surface area contributed by atoms with E-state index in [4.69, 9.17) is 9.47 Å². The van der Waals surface area contributed by atoms with Gasteiger partial charge in [0.05, 0.1) is 12.3 Å². The molecule has 32 heavy (non-hydrogen) atoms. The molecule has 4 rings (SSSR count). The maximum absolute atomic E-state index is 13.0. The summed E-state index contributed by atoms with van der Waals surface area (Å²) in [6, 6.07) is 15.4. The Hall–Kier alpha value is -3.68. The van der Waals surface area contributed by atoms with Crippen LogP contribution in [0.4, 0.5) is 10.2 Å². The molecule has 0 saturated carbocycles. The molecular formula is C24H25FN4O3. The van der Waals surface area contributed by atoms with Crippen LogP contribution in [-0.4, -0.2) is 60.2 Å². The first-order chi connectivity index (χ1) is 15.6. The summed E-state index contributed by atoms with van der Waals surface area (Å²) < 4.78 is 23.9. The minimum atomic E-state index is -0.338. The highest BCUT2D eigenvalue weighted by molar-refractivity contribution is 5.78. The van der Waals surface area contributed by atoms with Crippen molar-refractivity contribution in [1.82, 2.24) is 14.9 Å². The van der Waals surface area contributed by atoms with E-state index in [9.17, 15) is 9.18 Å². The van der Waals surface area contributed by atoms with Crippen molar-refractivity contribution in [2.75, 3.05) is 44.3 Å². The molecule has 2 heterocycles. The Bertz CT molecular complexity index is 1040. The summed E-state index contributed by atoms with van der Waals surface area (Å²) in [7, 11) is 0. The average molecular weight is 436 g/mol. The van der Waals surface area contributed by atoms with E-state index in [0.717, 1.165) is 22.8 Å². The number of ether oxygens (including phenoxy) is 2. The molecular weight excluding hydrogens is 411 g/mol. The largest absolute Gasteiger partial charge is 0.494 e. The van der Waals surface area contributed by atoms with Crippen LogP contribution in [0.1, 0.15) is 6.92 Å². The standard InChI is InChI=1S/C24H25FN4O3/c1-2-31-20-7-3-18(4-8-20)22-15-23(27-17-26-22)28-11-13-29(14-12-28)24(30)16-32-21-9-5-19(25)6-10-21/h3-10,15,17H,2,11-14,16H2,1H3. The summed E-state index contributed by atoms with van der Waals surface area (Å²) in [5, 5.41) is 0. The van der Waals surface area contributed by atoms with Gasteiger partial charge in [-0.25, -0.2) is 14.4 Å². The van der Waals surface area contributed by atoms with Gasteiger partial charge in [-0.1, -0.05) is 0 Å². The van der Waals surface area contributed by atoms with Gasteiger partial charge in [0.2, 0.25) is 0 Å². The third-order valence-electron chi connectivity index (χ3n) is 5.25. The number of aromatic nitrogens is 2. The molecule has 1 amide bonds. The fourth-order valence-electron chi connectivity index (χ4n) is 3.52. The summed E-state index contributed by atoms with van der Waals surface area (Å²) in [4.78, 5) is 25.2. The van der Waals surface area contributed by atoms with Gasteiger partial charge in [-0.05, 0) is 55.5 Å². The van der Waals surface area contributed by atoms with Crippen molar-refractivity contribution in [2.45, 2.75) is 6.92 Å². The molecule has 1 aliphatic rings. The Balaban J connectivity index is 1.32. The molecule has 1 saturated heterocycles. The van der Waals surface area contributed by atoms with E-state index in [1.165, 1.54) is 24.3 Å². The molecule has 1 aliphatic heterocycles. The maximum Gasteiger partial charge on any atom is 0.260 e. The van der Waals surface area contributed by atoms with Gasteiger partial charge < -0.3 is 19.3 Å². The monoisotopic (exact) mass is 436 g/mol. The smallest absolute Gasteiger partial charge is 0.260 e. The normalized spacial score (nSPS) is 13.7. The zero-order valence-electron chi connectivity index (χ0n) is 17.9. The van der Waals surface area contributed by atoms with Crippen molar-refractivity contribution in [3.63, 3.8) is 0 Å². The Morgan fingerprint density at radius 3 is 2.28 bits per heavy atom. The third kappa shape index (κ3) is 5.32. The number of nitrogens with zero attached hydrogens (tertiary/aromatic N) is 4. The van der Waals surface area contributed by atoms with Gasteiger partial charge in [0.15, 0.2) is 6.61 Å². The second kappa shape index (κ2) is 10.1. The molecule has 7 nitrogen and oxygen atoms in total. The Morgan fingerprint density at radius 1 is 0.938 bits per heavy atom. The van der Waals surface area contributed by atoms with Crippen LogP contribution < -0.4 is 14.4 Å². The molecule has 1 aromatic heterocycles. The minimum Gasteiger partial charge on any atom is -0.494 e. The molecule has 0 unspecified atom stereocenters. The number of rotatable bonds is 7. The highest BCUT2D eigenvalue weighted by Crippen LogP contribution is 2.24. The number of hydrogen-bond donors (Lipinski definition) is 0. The van der Waals surface area contributed by atoms with Crippen LogP contribution in [-0.2, 0) is 4.79 Å². The summed E-state index contributed by atoms with van der Waals surface area (Å²) in [6.07, 6.45) is 1.56. The average Bonchev–Trinajstić information content (AvgIpc) is 2.84. The fourth-order valence-corrected chi connectivity index (χ4v) is 3.52. The van der Waals surface area contributed by atoms with E-state index in [2.05, 4.69) is 14.9 Å². The van der Waals surface area contributed by atoms with E-state index in [1.54, 1.807) is 11.2 Å². The summed E-state index contributed by atoms with van der Waals surface area (Å²) in [5.41, 5.74) is 1.83. The molecule has 0 bridgehead atoms. The van der Waals surface area contributed by atoms with E-state index >= 15 is 0 Å². The van der Waals surface area contributed by atoms with Gasteiger partial charge >= 0.3 is 0 Å². The lowest BCUT2D eigenvalue weighted by Gasteiger charge is -2.35. The minimum absolute atomic E-state index is 0.0684. The van der Waals surface area contributed by atoms with E-state index in [0.29, 0.717) is 38.5 Å². The maximum atomic E-state index is 13.0. The Morgan fingerprint density at radius 2 is 1.59 bits per heavy atom. The predicted octanol–water partition coefficient (Wildman–Crippen LogP) is 3.41. The van der Waals surface area contributed by atoms with Gasteiger partial charge in [-0.3, -0.25) is 4.79 Å². The first kappa shape index (κ1) is 21.5. The van der Waals surface area contributed by atoms with Crippen molar-refractivity contribution in [1.29, 1.82) is 0 Å². The molecule has 0 radical (unpaired) electrons. The van der Waals surface area contributed by atoms with Gasteiger partial charge in [0, 0.05) is 37.8 Å². The zero-order valence-corrected chi connectivity index (χ0v) is 17.9. The quantitative estimate of drug-likeness (QED) is 0.566. The second-order valence-electron chi connectivity index (χ2n) is 7.33. The van der Waals surface area contributed by atoms with Crippen molar-refractivity contribution in [2.24, 2.45) is 0 Å². The number of halogens is 1. The fraction of sp³-hybridized carbons (Fsp3) is 0.292. The van der Waals surface area contributed by atoms with Crippen molar-refractivity contribution >= 4 is 11.7 Å². The molecule has 2 aromatic carbocycles. The van der Waals surface area contributed by atoms with Crippen molar-refractivity contribution in [3.05, 3.63) is 66.7 Å². The van der Waals surface area contributed by atoms with Crippen LogP contribution in [0.5, 0.6) is 11.5 Å². The van der Waals surface area contributed by atoms with Crippen LogP contribution in [0, 0.1) is 5.82 Å². The number of benzene rings is 2. The van der Waals surface area contributed by atoms with Gasteiger partial charge in [-0.2, -0.15) is 0 Å². The number of piperazine rings is 1. The number of hydrogen-bond acceptors (Lipinski definition) is 6. The molecule has 1 fully saturated rings. The van der Waals surface area contributed by atoms with Crippen LogP contribution in [0.2, 0.25) is 0 Å². The Kier molecular flexibility index (Phi) is 6.79. The number of carbonyl (C=O) groups is 1. The molecule has 0 N–H and O–H groups in total. The first-order valence-corrected chi connectivity index (χ1v) is 10.6. The number of anilines is 1. The molecule has 0 spiro atoms. The molecule has 0 aliphatic carbocycles. The topological polar surface area (TPSA) is 67.8 Å². The van der Waals surface area contributed by atoms with E-state index in [-0.39, 0.29) is 18.3 Å². The van der Waals surface area contributed by atoms with Crippen molar-refractivity contribution in [3.8, 4) is 22.8 Å². The molecule has 0 atom stereocenters. The second-order valence-corrected chi connectivity index (χ2v) is 7.33. The first-order valence-electron chi connectivity index (χ1n) is 10.6. The van der Waals surface area contributed by atoms with Gasteiger partial charge in [-0.15, -0.1) is 0 Å². The van der Waals surface area contributed by atoms with Crippen LogP contribution in [0.15, 0.2) is 60.9 Å². The summed E-state index contributed by atoms with van der Waals surface area (Å²) in [5.74, 6) is 1.71. The van der Waals surface area contributed by atoms with Crippen molar-refractivity contribution < 1.29 is 18.7 Å². The van der Waals surface area contributed by atoms with Gasteiger partial charge in [0.25, 0.3) is 5.91 Å². The number of carbonyl (C=O) groups excluding carboxylic acids is 1. The SMILES string of the molecule is CCOc1ccc(-c2cc(N3CCN(C(=O)COc4ccc(F)cc4)CC3)ncn2)cc1. The molecule has 3 aromatic rings. The lowest BCUT2D eigenvalue weighted by Crippen LogP contribution is -2.50. The molecule has 166 valence electrons. The Labute approximate surface area is 186 Å². The molecule has 8 heteroatoms. The van der Waals surface area contributed by atoms with Crippen LogP contribution in [0.25, 0.3) is 11.3 Å². The van der Waals surface area contributed by atoms with E-state index in [1.807, 2.05) is 37.3 Å². The van der Waals surface area contributed by atoms with Crippen LogP contribution >= 0.6 is 0 Å². The third-order valence-corrected chi connectivity index (χ3v) is 5.25. The lowest BCUT2D eigenvalue weighted by molar-refractivity contribution is -0.133. The summed E-state index contributed by atoms with van der Waals surface area (Å²) >= 11 is 0. The zero-order chi connectivity index (χ0) is 22.3. The summed E-state index contributed by atoms with van der Waals surface area (Å²) in [6.45, 7) is 5.01.